The molecule has 0 spiro atoms. The first kappa shape index (κ1) is 8.30. The molecule has 2 heteroatoms. The largest absolute Gasteiger partial charge is 0.493 e. The Bertz CT molecular complexity index is 333. The Morgan fingerprint density at radius 3 is 3.00 bits per heavy atom. The van der Waals surface area contributed by atoms with Crippen LogP contribution in [0.4, 0.5) is 0 Å². The second-order valence-corrected chi connectivity index (χ2v) is 4.23. The van der Waals surface area contributed by atoms with Gasteiger partial charge in [-0.15, -0.1) is 0 Å². The highest BCUT2D eigenvalue weighted by molar-refractivity contribution is 5.39. The van der Waals surface area contributed by atoms with Gasteiger partial charge in [-0.25, -0.2) is 0 Å². The Morgan fingerprint density at radius 1 is 1.29 bits per heavy atom. The number of rotatable bonds is 3. The molecule has 1 aliphatic heterocycles. The first-order valence-corrected chi connectivity index (χ1v) is 5.38. The Kier molecular flexibility index (Phi) is 1.95. The molecule has 0 unspecified atom stereocenters. The molecule has 0 aromatic heterocycles. The number of hydrogen-bond donors (Lipinski definition) is 1. The summed E-state index contributed by atoms with van der Waals surface area (Å²) in [4.78, 5) is 0. The van der Waals surface area contributed by atoms with E-state index in [1.54, 1.807) is 0 Å². The van der Waals surface area contributed by atoms with Crippen molar-refractivity contribution in [2.75, 3.05) is 13.2 Å². The fourth-order valence-electron chi connectivity index (χ4n) is 1.99. The molecule has 0 amide bonds. The minimum Gasteiger partial charge on any atom is -0.493 e. The lowest BCUT2D eigenvalue weighted by Gasteiger charge is -2.09. The predicted molar refractivity (Wildman–Crippen MR) is 55.7 cm³/mol. The van der Waals surface area contributed by atoms with Crippen LogP contribution in [-0.4, -0.2) is 19.2 Å². The van der Waals surface area contributed by atoms with Crippen LogP contribution in [0.15, 0.2) is 24.3 Å². The molecule has 1 aromatic carbocycles. The quantitative estimate of drug-likeness (QED) is 0.784. The number of para-hydroxylation sites is 1. The Balaban J connectivity index is 1.70. The van der Waals surface area contributed by atoms with Crippen molar-refractivity contribution >= 4 is 0 Å². The van der Waals surface area contributed by atoms with Crippen LogP contribution in [-0.2, 0) is 0 Å². The van der Waals surface area contributed by atoms with E-state index >= 15 is 0 Å². The van der Waals surface area contributed by atoms with Gasteiger partial charge in [-0.1, -0.05) is 18.2 Å². The summed E-state index contributed by atoms with van der Waals surface area (Å²) in [7, 11) is 0. The Labute approximate surface area is 84.3 Å². The lowest BCUT2D eigenvalue weighted by atomic mass is 10.0. The van der Waals surface area contributed by atoms with Crippen molar-refractivity contribution < 1.29 is 4.74 Å². The highest BCUT2D eigenvalue weighted by Crippen LogP contribution is 2.33. The third-order valence-corrected chi connectivity index (χ3v) is 3.03. The van der Waals surface area contributed by atoms with Crippen LogP contribution in [0.3, 0.4) is 0 Å². The summed E-state index contributed by atoms with van der Waals surface area (Å²) in [5.74, 6) is 1.64. The van der Waals surface area contributed by atoms with Crippen molar-refractivity contribution in [1.29, 1.82) is 0 Å². The van der Waals surface area contributed by atoms with Gasteiger partial charge in [0.25, 0.3) is 0 Å². The van der Waals surface area contributed by atoms with Gasteiger partial charge in [0.05, 0.1) is 6.61 Å². The van der Waals surface area contributed by atoms with E-state index in [-0.39, 0.29) is 0 Å². The van der Waals surface area contributed by atoms with E-state index in [2.05, 4.69) is 23.5 Å². The Hall–Kier alpha value is -1.02. The van der Waals surface area contributed by atoms with E-state index in [1.165, 1.54) is 18.4 Å². The summed E-state index contributed by atoms with van der Waals surface area (Å²) in [6, 6.07) is 9.17. The number of benzene rings is 1. The third-order valence-electron chi connectivity index (χ3n) is 3.03. The average Bonchev–Trinajstić information content (AvgIpc) is 2.96. The lowest BCUT2D eigenvalue weighted by Crippen LogP contribution is -2.24. The van der Waals surface area contributed by atoms with Gasteiger partial charge in [0.1, 0.15) is 5.75 Å². The molecule has 1 aromatic rings. The number of fused-ring (bicyclic) bond motifs is 1. The van der Waals surface area contributed by atoms with E-state index in [9.17, 15) is 0 Å². The fraction of sp³-hybridized carbons (Fsp3) is 0.500. The summed E-state index contributed by atoms with van der Waals surface area (Å²) < 4.78 is 5.62. The molecule has 0 radical (unpaired) electrons. The highest BCUT2D eigenvalue weighted by Gasteiger charge is 2.26. The van der Waals surface area contributed by atoms with Gasteiger partial charge in [0.15, 0.2) is 0 Å². The molecular weight excluding hydrogens is 174 g/mol. The van der Waals surface area contributed by atoms with Gasteiger partial charge >= 0.3 is 0 Å². The number of hydrogen-bond acceptors (Lipinski definition) is 2. The molecule has 74 valence electrons. The molecule has 0 bridgehead atoms. The highest BCUT2D eigenvalue weighted by atomic mass is 16.5. The molecule has 14 heavy (non-hydrogen) atoms. The fourth-order valence-corrected chi connectivity index (χ4v) is 1.99. The van der Waals surface area contributed by atoms with Crippen LogP contribution >= 0.6 is 0 Å². The lowest BCUT2D eigenvalue weighted by molar-refractivity contribution is 0.326. The smallest absolute Gasteiger partial charge is 0.122 e. The summed E-state index contributed by atoms with van der Waals surface area (Å²) in [6.07, 6.45) is 2.71. The normalized spacial score (nSPS) is 24.4. The topological polar surface area (TPSA) is 21.3 Å². The van der Waals surface area contributed by atoms with Gasteiger partial charge < -0.3 is 10.1 Å². The van der Waals surface area contributed by atoms with Gasteiger partial charge in [-0.2, -0.15) is 0 Å². The van der Waals surface area contributed by atoms with Gasteiger partial charge in [-0.05, 0) is 18.9 Å². The van der Waals surface area contributed by atoms with Crippen molar-refractivity contribution in [2.24, 2.45) is 0 Å². The van der Waals surface area contributed by atoms with Gasteiger partial charge in [0, 0.05) is 24.1 Å². The molecule has 1 aliphatic carbocycles. The van der Waals surface area contributed by atoms with Crippen LogP contribution in [0.5, 0.6) is 5.75 Å². The van der Waals surface area contributed by atoms with Crippen LogP contribution in [0.25, 0.3) is 0 Å². The zero-order valence-corrected chi connectivity index (χ0v) is 8.20. The molecule has 2 aliphatic rings. The number of ether oxygens (including phenoxy) is 1. The minimum absolute atomic E-state index is 0.562. The van der Waals surface area contributed by atoms with Crippen molar-refractivity contribution in [1.82, 2.24) is 5.32 Å². The zero-order valence-electron chi connectivity index (χ0n) is 8.20. The van der Waals surface area contributed by atoms with Crippen LogP contribution in [0, 0.1) is 0 Å². The number of nitrogens with one attached hydrogen (secondary N) is 1. The first-order chi connectivity index (χ1) is 6.93. The maximum absolute atomic E-state index is 5.62. The summed E-state index contributed by atoms with van der Waals surface area (Å²) in [6.45, 7) is 1.92. The van der Waals surface area contributed by atoms with E-state index < -0.39 is 0 Å². The molecule has 3 rings (SSSR count). The first-order valence-electron chi connectivity index (χ1n) is 5.38. The van der Waals surface area contributed by atoms with Crippen LogP contribution in [0.1, 0.15) is 24.3 Å². The molecule has 1 saturated carbocycles. The maximum atomic E-state index is 5.62. The minimum atomic E-state index is 0.562. The van der Waals surface area contributed by atoms with E-state index in [0.29, 0.717) is 5.92 Å². The van der Waals surface area contributed by atoms with Crippen molar-refractivity contribution in [3.8, 4) is 5.75 Å². The van der Waals surface area contributed by atoms with E-state index in [1.807, 2.05) is 6.07 Å². The second kappa shape index (κ2) is 3.28. The molecule has 2 nitrogen and oxygen atoms in total. The summed E-state index contributed by atoms with van der Waals surface area (Å²) in [5.41, 5.74) is 1.38. The van der Waals surface area contributed by atoms with E-state index in [0.717, 1.165) is 24.9 Å². The molecular formula is C12H15NO. The van der Waals surface area contributed by atoms with Crippen molar-refractivity contribution in [2.45, 2.75) is 24.8 Å². The standard InChI is InChI=1S/C12H15NO/c1-2-4-12-11(3-1)9(8-14-12)7-13-10-5-6-10/h1-4,9-10,13H,5-8H2/t9-/m0/s1. The molecule has 1 fully saturated rings. The molecule has 0 saturated heterocycles. The molecule has 1 N–H and O–H groups in total. The third kappa shape index (κ3) is 1.50. The van der Waals surface area contributed by atoms with Gasteiger partial charge in [-0.3, -0.25) is 0 Å². The van der Waals surface area contributed by atoms with E-state index in [4.69, 9.17) is 4.74 Å². The summed E-state index contributed by atoms with van der Waals surface area (Å²) in [5, 5.41) is 3.56. The van der Waals surface area contributed by atoms with Crippen molar-refractivity contribution in [3.63, 3.8) is 0 Å². The van der Waals surface area contributed by atoms with Crippen LogP contribution < -0.4 is 10.1 Å². The van der Waals surface area contributed by atoms with Crippen LogP contribution in [0.2, 0.25) is 0 Å². The summed E-state index contributed by atoms with van der Waals surface area (Å²) >= 11 is 0. The second-order valence-electron chi connectivity index (χ2n) is 4.23. The maximum Gasteiger partial charge on any atom is 0.122 e. The average molecular weight is 189 g/mol. The van der Waals surface area contributed by atoms with Gasteiger partial charge in [0.2, 0.25) is 0 Å². The zero-order chi connectivity index (χ0) is 9.38. The predicted octanol–water partition coefficient (Wildman–Crippen LogP) is 1.91. The SMILES string of the molecule is c1ccc2c(c1)OC[C@@H]2CNC1CC1. The Morgan fingerprint density at radius 2 is 2.14 bits per heavy atom. The molecule has 1 heterocycles. The van der Waals surface area contributed by atoms with Crippen molar-refractivity contribution in [3.05, 3.63) is 29.8 Å². The monoisotopic (exact) mass is 189 g/mol. The molecule has 1 atom stereocenters.